The number of nitrogens with zero attached hydrogens (tertiary/aromatic N) is 1. The summed E-state index contributed by atoms with van der Waals surface area (Å²) in [5.74, 6) is 0.678. The highest BCUT2D eigenvalue weighted by molar-refractivity contribution is 7.89. The summed E-state index contributed by atoms with van der Waals surface area (Å²) in [7, 11) is -3.37. The van der Waals surface area contributed by atoms with Gasteiger partial charge in [-0.3, -0.25) is 0 Å². The number of sulfonamides is 1. The quantitative estimate of drug-likeness (QED) is 0.863. The van der Waals surface area contributed by atoms with Gasteiger partial charge in [-0.1, -0.05) is 25.8 Å². The van der Waals surface area contributed by atoms with E-state index in [0.717, 1.165) is 12.8 Å². The molecular formula is C14H22N2O2S. The number of nitrogen functional groups attached to an aromatic ring is 1. The fourth-order valence-electron chi connectivity index (χ4n) is 2.67. The lowest BCUT2D eigenvalue weighted by atomic mass is 9.94. The maximum Gasteiger partial charge on any atom is 0.243 e. The second-order valence-corrected chi connectivity index (χ2v) is 7.15. The number of hydrogen-bond donors (Lipinski definition) is 1. The first kappa shape index (κ1) is 14.3. The Morgan fingerprint density at radius 3 is 2.58 bits per heavy atom. The summed E-state index contributed by atoms with van der Waals surface area (Å²) in [6.45, 7) is 3.43. The Labute approximate surface area is 115 Å². The van der Waals surface area contributed by atoms with E-state index in [1.165, 1.54) is 18.9 Å². The molecule has 1 aromatic carbocycles. The molecule has 1 aliphatic heterocycles. The highest BCUT2D eigenvalue weighted by atomic mass is 32.2. The first-order valence-electron chi connectivity index (χ1n) is 6.89. The number of rotatable bonds is 4. The van der Waals surface area contributed by atoms with Crippen molar-refractivity contribution in [2.45, 2.75) is 37.5 Å². The number of anilines is 1. The smallest absolute Gasteiger partial charge is 0.243 e. The molecule has 0 bridgehead atoms. The molecule has 2 rings (SSSR count). The average Bonchev–Trinajstić information content (AvgIpc) is 2.40. The summed E-state index contributed by atoms with van der Waals surface area (Å²) in [4.78, 5) is 0.307. The van der Waals surface area contributed by atoms with E-state index in [1.807, 2.05) is 0 Å². The number of benzene rings is 1. The zero-order valence-electron chi connectivity index (χ0n) is 11.4. The van der Waals surface area contributed by atoms with Gasteiger partial charge in [-0.05, 0) is 37.0 Å². The van der Waals surface area contributed by atoms with Gasteiger partial charge in [-0.15, -0.1) is 0 Å². The maximum absolute atomic E-state index is 12.5. The van der Waals surface area contributed by atoms with Crippen LogP contribution >= 0.6 is 0 Å². The molecule has 1 aromatic rings. The molecule has 0 amide bonds. The Hall–Kier alpha value is -1.07. The number of nitrogens with two attached hydrogens (primary N) is 1. The van der Waals surface area contributed by atoms with Crippen LogP contribution in [0.5, 0.6) is 0 Å². The topological polar surface area (TPSA) is 63.4 Å². The van der Waals surface area contributed by atoms with E-state index in [1.54, 1.807) is 22.5 Å². The fourth-order valence-corrected chi connectivity index (χ4v) is 4.20. The minimum absolute atomic E-state index is 0.307. The van der Waals surface area contributed by atoms with Crippen LogP contribution in [0.1, 0.15) is 32.6 Å². The lowest BCUT2D eigenvalue weighted by Crippen LogP contribution is -2.38. The summed E-state index contributed by atoms with van der Waals surface area (Å²) in [6.07, 6.45) is 4.31. The monoisotopic (exact) mass is 282 g/mol. The van der Waals surface area contributed by atoms with Crippen LogP contribution in [0.25, 0.3) is 0 Å². The SMILES string of the molecule is CCCC1CCN(S(=O)(=O)c2cccc(N)c2)CC1. The molecule has 2 N–H and O–H groups in total. The van der Waals surface area contributed by atoms with E-state index in [0.29, 0.717) is 29.6 Å². The molecule has 0 unspecified atom stereocenters. The molecule has 5 heteroatoms. The Morgan fingerprint density at radius 2 is 2.00 bits per heavy atom. The van der Waals surface area contributed by atoms with Gasteiger partial charge in [-0.2, -0.15) is 4.31 Å². The van der Waals surface area contributed by atoms with Crippen LogP contribution in [0.2, 0.25) is 0 Å². The number of hydrogen-bond acceptors (Lipinski definition) is 3. The number of piperidine rings is 1. The summed E-state index contributed by atoms with van der Waals surface area (Å²) >= 11 is 0. The van der Waals surface area contributed by atoms with Crippen molar-refractivity contribution in [1.29, 1.82) is 0 Å². The van der Waals surface area contributed by atoms with Crippen LogP contribution in [-0.4, -0.2) is 25.8 Å². The second-order valence-electron chi connectivity index (χ2n) is 5.21. The van der Waals surface area contributed by atoms with Crippen molar-refractivity contribution < 1.29 is 8.42 Å². The van der Waals surface area contributed by atoms with E-state index in [2.05, 4.69) is 6.92 Å². The highest BCUT2D eigenvalue weighted by Gasteiger charge is 2.28. The summed E-state index contributed by atoms with van der Waals surface area (Å²) in [5, 5.41) is 0. The molecule has 19 heavy (non-hydrogen) atoms. The third-order valence-corrected chi connectivity index (χ3v) is 5.66. The predicted octanol–water partition coefficient (Wildman–Crippen LogP) is 2.47. The molecule has 1 saturated heterocycles. The Kier molecular flexibility index (Phi) is 4.47. The minimum Gasteiger partial charge on any atom is -0.399 e. The summed E-state index contributed by atoms with van der Waals surface area (Å²) < 4.78 is 26.5. The van der Waals surface area contributed by atoms with Crippen LogP contribution in [0.4, 0.5) is 5.69 Å². The molecule has 0 radical (unpaired) electrons. The molecule has 1 aliphatic rings. The molecule has 0 saturated carbocycles. The Morgan fingerprint density at radius 1 is 1.32 bits per heavy atom. The lowest BCUT2D eigenvalue weighted by molar-refractivity contribution is 0.262. The van der Waals surface area contributed by atoms with Gasteiger partial charge in [0.2, 0.25) is 10.0 Å². The average molecular weight is 282 g/mol. The van der Waals surface area contributed by atoms with Gasteiger partial charge in [0.1, 0.15) is 0 Å². The summed E-state index contributed by atoms with van der Waals surface area (Å²) in [6, 6.07) is 6.54. The van der Waals surface area contributed by atoms with Gasteiger partial charge >= 0.3 is 0 Å². The van der Waals surface area contributed by atoms with Crippen LogP contribution in [0.3, 0.4) is 0 Å². The third-order valence-electron chi connectivity index (χ3n) is 3.77. The van der Waals surface area contributed by atoms with Crippen LogP contribution in [0.15, 0.2) is 29.2 Å². The van der Waals surface area contributed by atoms with Crippen molar-refractivity contribution in [2.75, 3.05) is 18.8 Å². The zero-order valence-corrected chi connectivity index (χ0v) is 12.2. The molecule has 0 aromatic heterocycles. The fraction of sp³-hybridized carbons (Fsp3) is 0.571. The van der Waals surface area contributed by atoms with E-state index in [-0.39, 0.29) is 0 Å². The van der Waals surface area contributed by atoms with E-state index in [4.69, 9.17) is 5.73 Å². The van der Waals surface area contributed by atoms with Gasteiger partial charge in [0, 0.05) is 18.8 Å². The lowest BCUT2D eigenvalue weighted by Gasteiger charge is -2.31. The molecule has 0 atom stereocenters. The van der Waals surface area contributed by atoms with E-state index >= 15 is 0 Å². The minimum atomic E-state index is -3.37. The summed E-state index contributed by atoms with van der Waals surface area (Å²) in [5.41, 5.74) is 6.15. The predicted molar refractivity (Wildman–Crippen MR) is 77.2 cm³/mol. The van der Waals surface area contributed by atoms with Gasteiger partial charge < -0.3 is 5.73 Å². The first-order chi connectivity index (χ1) is 9.04. The molecule has 1 fully saturated rings. The highest BCUT2D eigenvalue weighted by Crippen LogP contribution is 2.26. The first-order valence-corrected chi connectivity index (χ1v) is 8.33. The van der Waals surface area contributed by atoms with E-state index < -0.39 is 10.0 Å². The molecule has 1 heterocycles. The molecule has 0 aliphatic carbocycles. The van der Waals surface area contributed by atoms with Crippen molar-refractivity contribution in [3.8, 4) is 0 Å². The maximum atomic E-state index is 12.5. The van der Waals surface area contributed by atoms with Gasteiger partial charge in [0.25, 0.3) is 0 Å². The van der Waals surface area contributed by atoms with Crippen LogP contribution < -0.4 is 5.73 Å². The Balaban J connectivity index is 2.10. The molecule has 106 valence electrons. The van der Waals surface area contributed by atoms with Gasteiger partial charge in [0.15, 0.2) is 0 Å². The molecular weight excluding hydrogens is 260 g/mol. The van der Waals surface area contributed by atoms with Crippen molar-refractivity contribution in [1.82, 2.24) is 4.31 Å². The van der Waals surface area contributed by atoms with Crippen LogP contribution in [0, 0.1) is 5.92 Å². The normalized spacial score (nSPS) is 18.6. The third kappa shape index (κ3) is 3.28. The van der Waals surface area contributed by atoms with Crippen molar-refractivity contribution in [3.05, 3.63) is 24.3 Å². The van der Waals surface area contributed by atoms with Crippen molar-refractivity contribution in [2.24, 2.45) is 5.92 Å². The second kappa shape index (κ2) is 5.92. The van der Waals surface area contributed by atoms with Gasteiger partial charge in [0.05, 0.1) is 4.90 Å². The standard InChI is InChI=1S/C14H22N2O2S/c1-2-4-12-7-9-16(10-8-12)19(17,18)14-6-3-5-13(15)11-14/h3,5-6,11-12H,2,4,7-10,15H2,1H3. The van der Waals surface area contributed by atoms with E-state index in [9.17, 15) is 8.42 Å². The largest absolute Gasteiger partial charge is 0.399 e. The molecule has 0 spiro atoms. The van der Waals surface area contributed by atoms with Crippen molar-refractivity contribution >= 4 is 15.7 Å². The van der Waals surface area contributed by atoms with Crippen LogP contribution in [-0.2, 0) is 10.0 Å². The van der Waals surface area contributed by atoms with Crippen molar-refractivity contribution in [3.63, 3.8) is 0 Å². The van der Waals surface area contributed by atoms with Gasteiger partial charge in [-0.25, -0.2) is 8.42 Å². The molecule has 4 nitrogen and oxygen atoms in total. The zero-order chi connectivity index (χ0) is 13.9. The Bertz CT molecular complexity index is 520.